The molecule has 1 aromatic heterocycles. The Labute approximate surface area is 125 Å². The first-order valence-electron chi connectivity index (χ1n) is 7.78. The van der Waals surface area contributed by atoms with E-state index in [1.54, 1.807) is 0 Å². The van der Waals surface area contributed by atoms with Gasteiger partial charge in [-0.3, -0.25) is 13.9 Å². The molecule has 6 heteroatoms. The van der Waals surface area contributed by atoms with Crippen LogP contribution in [0.3, 0.4) is 0 Å². The molecule has 118 valence electrons. The van der Waals surface area contributed by atoms with Crippen LogP contribution in [-0.2, 0) is 13.6 Å². The van der Waals surface area contributed by atoms with Crippen LogP contribution in [0.1, 0.15) is 39.5 Å². The van der Waals surface area contributed by atoms with E-state index in [0.29, 0.717) is 18.2 Å². The minimum Gasteiger partial charge on any atom is -0.383 e. The van der Waals surface area contributed by atoms with E-state index >= 15 is 0 Å². The average molecular weight is 294 g/mol. The van der Waals surface area contributed by atoms with Gasteiger partial charge in [-0.25, -0.2) is 4.79 Å². The summed E-state index contributed by atoms with van der Waals surface area (Å²) in [5, 5.41) is 3.19. The van der Waals surface area contributed by atoms with Gasteiger partial charge in [0.05, 0.1) is 0 Å². The van der Waals surface area contributed by atoms with E-state index < -0.39 is 0 Å². The number of nitrogens with zero attached hydrogens (tertiary/aromatic N) is 2. The monoisotopic (exact) mass is 294 g/mol. The van der Waals surface area contributed by atoms with Gasteiger partial charge in [-0.05, 0) is 31.1 Å². The number of nitrogens with two attached hydrogens (primary N) is 1. The van der Waals surface area contributed by atoms with Crippen molar-refractivity contribution in [3.63, 3.8) is 0 Å². The second-order valence-corrected chi connectivity index (χ2v) is 6.22. The van der Waals surface area contributed by atoms with Gasteiger partial charge in [0.2, 0.25) is 0 Å². The van der Waals surface area contributed by atoms with Gasteiger partial charge in [0.15, 0.2) is 0 Å². The Morgan fingerprint density at radius 3 is 2.62 bits per heavy atom. The molecule has 1 aliphatic rings. The van der Waals surface area contributed by atoms with Gasteiger partial charge in [-0.2, -0.15) is 0 Å². The maximum Gasteiger partial charge on any atom is 0.332 e. The molecule has 0 aliphatic heterocycles. The Bertz CT molecular complexity index is 617. The third kappa shape index (κ3) is 3.14. The fraction of sp³-hybridized carbons (Fsp3) is 0.733. The van der Waals surface area contributed by atoms with Crippen LogP contribution in [0.15, 0.2) is 9.59 Å². The first-order chi connectivity index (χ1) is 9.95. The molecule has 0 saturated heterocycles. The fourth-order valence-electron chi connectivity index (χ4n) is 3.15. The average Bonchev–Trinajstić information content (AvgIpc) is 2.87. The van der Waals surface area contributed by atoms with Crippen LogP contribution in [0.5, 0.6) is 0 Å². The van der Waals surface area contributed by atoms with Crippen molar-refractivity contribution in [2.75, 3.05) is 17.6 Å². The number of aromatic nitrogens is 2. The summed E-state index contributed by atoms with van der Waals surface area (Å²) in [6.07, 6.45) is 4.40. The van der Waals surface area contributed by atoms with Crippen LogP contribution in [0.2, 0.25) is 0 Å². The lowest BCUT2D eigenvalue weighted by Gasteiger charge is -2.17. The zero-order chi connectivity index (χ0) is 15.6. The topological polar surface area (TPSA) is 82.0 Å². The van der Waals surface area contributed by atoms with Crippen molar-refractivity contribution < 1.29 is 0 Å². The molecule has 0 aromatic carbocycles. The number of hydrogen-bond donors (Lipinski definition) is 2. The van der Waals surface area contributed by atoms with Crippen molar-refractivity contribution in [3.8, 4) is 0 Å². The van der Waals surface area contributed by atoms with E-state index in [1.165, 1.54) is 30.9 Å². The lowest BCUT2D eigenvalue weighted by atomic mass is 10.1. The van der Waals surface area contributed by atoms with Gasteiger partial charge in [0, 0.05) is 20.1 Å². The summed E-state index contributed by atoms with van der Waals surface area (Å²) in [6, 6.07) is 0. The molecule has 6 nitrogen and oxygen atoms in total. The van der Waals surface area contributed by atoms with E-state index in [2.05, 4.69) is 12.2 Å². The van der Waals surface area contributed by atoms with Gasteiger partial charge in [-0.1, -0.05) is 20.3 Å². The Hall–Kier alpha value is -1.72. The smallest absolute Gasteiger partial charge is 0.332 e. The van der Waals surface area contributed by atoms with Crippen LogP contribution >= 0.6 is 0 Å². The molecule has 0 amide bonds. The summed E-state index contributed by atoms with van der Waals surface area (Å²) in [6.45, 7) is 5.50. The molecule has 0 radical (unpaired) electrons. The van der Waals surface area contributed by atoms with Crippen LogP contribution < -0.4 is 22.3 Å². The predicted molar refractivity (Wildman–Crippen MR) is 85.6 cm³/mol. The van der Waals surface area contributed by atoms with Crippen molar-refractivity contribution in [1.29, 1.82) is 0 Å². The largest absolute Gasteiger partial charge is 0.383 e. The minimum atomic E-state index is -0.348. The molecular weight excluding hydrogens is 268 g/mol. The summed E-state index contributed by atoms with van der Waals surface area (Å²) in [4.78, 5) is 24.3. The number of hydrogen-bond acceptors (Lipinski definition) is 4. The zero-order valence-electron chi connectivity index (χ0n) is 13.2. The number of nitrogen functional groups attached to an aromatic ring is 1. The Morgan fingerprint density at radius 2 is 2.05 bits per heavy atom. The predicted octanol–water partition coefficient (Wildman–Crippen LogP) is 1.39. The number of nitrogens with one attached hydrogen (secondary N) is 1. The molecule has 21 heavy (non-hydrogen) atoms. The van der Waals surface area contributed by atoms with Crippen LogP contribution in [0, 0.1) is 11.8 Å². The highest BCUT2D eigenvalue weighted by atomic mass is 16.2. The molecule has 3 N–H and O–H groups in total. The first-order valence-corrected chi connectivity index (χ1v) is 7.78. The third-order valence-electron chi connectivity index (χ3n) is 4.40. The molecule has 2 rings (SSSR count). The van der Waals surface area contributed by atoms with Crippen LogP contribution in [0.25, 0.3) is 0 Å². The molecule has 0 bridgehead atoms. The summed E-state index contributed by atoms with van der Waals surface area (Å²) >= 11 is 0. The van der Waals surface area contributed by atoms with E-state index in [9.17, 15) is 9.59 Å². The lowest BCUT2D eigenvalue weighted by molar-refractivity contribution is 0.535. The normalized spacial score (nSPS) is 21.7. The molecule has 1 saturated carbocycles. The highest BCUT2D eigenvalue weighted by Crippen LogP contribution is 2.30. The Kier molecular flexibility index (Phi) is 4.75. The van der Waals surface area contributed by atoms with Gasteiger partial charge in [0.25, 0.3) is 5.56 Å². The van der Waals surface area contributed by atoms with Gasteiger partial charge >= 0.3 is 5.69 Å². The van der Waals surface area contributed by atoms with Crippen molar-refractivity contribution >= 4 is 11.5 Å². The van der Waals surface area contributed by atoms with Crippen molar-refractivity contribution in [1.82, 2.24) is 9.13 Å². The molecule has 2 atom stereocenters. The van der Waals surface area contributed by atoms with Crippen molar-refractivity contribution in [2.24, 2.45) is 18.9 Å². The third-order valence-corrected chi connectivity index (χ3v) is 4.40. The van der Waals surface area contributed by atoms with E-state index in [1.807, 2.05) is 6.92 Å². The maximum absolute atomic E-state index is 12.2. The highest BCUT2D eigenvalue weighted by molar-refractivity contribution is 5.60. The Balaban J connectivity index is 2.26. The summed E-state index contributed by atoms with van der Waals surface area (Å²) < 4.78 is 2.60. The second-order valence-electron chi connectivity index (χ2n) is 6.22. The highest BCUT2D eigenvalue weighted by Gasteiger charge is 2.22. The first kappa shape index (κ1) is 15.7. The van der Waals surface area contributed by atoms with E-state index in [-0.39, 0.29) is 17.1 Å². The standard InChI is InChI=1S/C15H26N4O2/c1-4-7-19-13(16)12(14(20)18(3)15(19)21)17-9-11-6-5-10(2)8-11/h10-11,17H,4-9,16H2,1-3H3. The molecular formula is C15H26N4O2. The van der Waals surface area contributed by atoms with E-state index in [4.69, 9.17) is 5.73 Å². The summed E-state index contributed by atoms with van der Waals surface area (Å²) in [7, 11) is 1.50. The Morgan fingerprint density at radius 1 is 1.33 bits per heavy atom. The van der Waals surface area contributed by atoms with Crippen molar-refractivity contribution in [3.05, 3.63) is 20.8 Å². The summed E-state index contributed by atoms with van der Waals surface area (Å²) in [5.41, 5.74) is 5.72. The zero-order valence-corrected chi connectivity index (χ0v) is 13.2. The molecule has 2 unspecified atom stereocenters. The maximum atomic E-state index is 12.2. The van der Waals surface area contributed by atoms with E-state index in [0.717, 1.165) is 23.5 Å². The fourth-order valence-corrected chi connectivity index (χ4v) is 3.15. The minimum absolute atomic E-state index is 0.260. The lowest BCUT2D eigenvalue weighted by Crippen LogP contribution is -2.41. The number of rotatable bonds is 5. The quantitative estimate of drug-likeness (QED) is 0.859. The van der Waals surface area contributed by atoms with Crippen molar-refractivity contribution in [2.45, 2.75) is 46.1 Å². The van der Waals surface area contributed by atoms with Crippen LogP contribution in [0.4, 0.5) is 11.5 Å². The van der Waals surface area contributed by atoms with Gasteiger partial charge in [0.1, 0.15) is 11.5 Å². The van der Waals surface area contributed by atoms with Gasteiger partial charge < -0.3 is 11.1 Å². The summed E-state index contributed by atoms with van der Waals surface area (Å²) in [5.74, 6) is 1.60. The molecule has 1 heterocycles. The number of anilines is 2. The molecule has 0 spiro atoms. The molecule has 1 aliphatic carbocycles. The van der Waals surface area contributed by atoms with Gasteiger partial charge in [-0.15, -0.1) is 0 Å². The molecule has 1 aromatic rings. The van der Waals surface area contributed by atoms with Crippen LogP contribution in [-0.4, -0.2) is 15.7 Å². The second kappa shape index (κ2) is 6.37. The molecule has 1 fully saturated rings. The SMILES string of the molecule is CCCn1c(N)c(NCC2CCC(C)C2)c(=O)n(C)c1=O.